The fourth-order valence-corrected chi connectivity index (χ4v) is 6.27. The molecule has 3 fully saturated rings. The van der Waals surface area contributed by atoms with Gasteiger partial charge in [0.05, 0.1) is 26.7 Å². The summed E-state index contributed by atoms with van der Waals surface area (Å²) in [6, 6.07) is 1.46. The molecule has 8 nitrogen and oxygen atoms in total. The largest absolute Gasteiger partial charge is 0.496 e. The smallest absolute Gasteiger partial charge is 0.232 e. The number of nitrogens with one attached hydrogen (secondary N) is 1. The van der Waals surface area contributed by atoms with Gasteiger partial charge in [0, 0.05) is 43.6 Å². The van der Waals surface area contributed by atoms with Crippen molar-refractivity contribution in [1.82, 2.24) is 10.4 Å². The van der Waals surface area contributed by atoms with Crippen molar-refractivity contribution in [2.75, 3.05) is 34.5 Å². The molecule has 3 heterocycles. The molecule has 1 spiro atoms. The summed E-state index contributed by atoms with van der Waals surface area (Å²) in [4.78, 5) is 28.0. The molecule has 1 saturated carbocycles. The summed E-state index contributed by atoms with van der Waals surface area (Å²) in [5.74, 6) is -0.272. The fraction of sp³-hybridized carbons (Fsp3) is 0.636. The van der Waals surface area contributed by atoms with Crippen molar-refractivity contribution >= 4 is 23.2 Å². The van der Waals surface area contributed by atoms with Crippen molar-refractivity contribution < 1.29 is 28.5 Å². The van der Waals surface area contributed by atoms with Crippen LogP contribution in [0.15, 0.2) is 6.07 Å². The number of ketones is 2. The number of hydrogen-bond acceptors (Lipinski definition) is 8. The molecule has 1 aromatic carbocycles. The van der Waals surface area contributed by atoms with E-state index in [-0.39, 0.29) is 57.7 Å². The van der Waals surface area contributed by atoms with Gasteiger partial charge in [0.1, 0.15) is 22.1 Å². The van der Waals surface area contributed by atoms with Crippen molar-refractivity contribution in [2.24, 2.45) is 17.8 Å². The van der Waals surface area contributed by atoms with E-state index in [1.54, 1.807) is 6.07 Å². The predicted octanol–water partition coefficient (Wildman–Crippen LogP) is 2.12. The Hall–Kier alpha value is -1.87. The molecule has 1 aromatic rings. The zero-order chi connectivity index (χ0) is 22.1. The maximum atomic E-state index is 14.1. The summed E-state index contributed by atoms with van der Waals surface area (Å²) < 4.78 is 22.7. The zero-order valence-corrected chi connectivity index (χ0v) is 18.8. The topological polar surface area (TPSA) is 86.3 Å². The van der Waals surface area contributed by atoms with Crippen LogP contribution in [0.3, 0.4) is 0 Å². The van der Waals surface area contributed by atoms with E-state index < -0.39 is 5.60 Å². The summed E-state index contributed by atoms with van der Waals surface area (Å²) in [6.45, 7) is 3.19. The zero-order valence-electron chi connectivity index (χ0n) is 18.1. The highest BCUT2D eigenvalue weighted by Gasteiger charge is 2.67. The average molecular weight is 451 g/mol. The number of hydrogen-bond donors (Lipinski definition) is 1. The molecule has 1 N–H and O–H groups in total. The van der Waals surface area contributed by atoms with Crippen LogP contribution >= 0.6 is 11.6 Å². The second-order valence-corrected chi connectivity index (χ2v) is 9.33. The molecular formula is C22H27ClN2O6. The van der Waals surface area contributed by atoms with E-state index in [9.17, 15) is 9.59 Å². The van der Waals surface area contributed by atoms with Crippen LogP contribution in [-0.2, 0) is 9.53 Å². The second kappa shape index (κ2) is 7.33. The standard InChI is InChI=1S/C22H27ClN2O6/c1-10-7-12-15(18(25(2)24-12)11-5-6-30-9-11)20(26)22(10)21(27)16-13(28-3)8-14(29-4)17(23)19(16)31-22/h8,10-12,15,18,24H,5-7,9H2,1-4H3/t10-,11-,12?,15?,18?,22+/m1/s1. The first-order valence-corrected chi connectivity index (χ1v) is 11.0. The normalized spacial score (nSPS) is 37.1. The van der Waals surface area contributed by atoms with E-state index in [1.165, 1.54) is 14.2 Å². The Kier molecular flexibility index (Phi) is 4.97. The Morgan fingerprint density at radius 3 is 2.65 bits per heavy atom. The third kappa shape index (κ3) is 2.71. The van der Waals surface area contributed by atoms with E-state index in [1.807, 2.05) is 19.0 Å². The number of carbonyl (C=O) groups excluding carboxylic acids is 2. The lowest BCUT2D eigenvalue weighted by Crippen LogP contribution is -2.63. The van der Waals surface area contributed by atoms with Gasteiger partial charge in [-0.15, -0.1) is 0 Å². The van der Waals surface area contributed by atoms with Crippen LogP contribution < -0.4 is 19.6 Å². The SMILES string of the molecule is COc1cc(OC)c2c(c1Cl)O[C@]1(C2=O)C(=O)C2C(C[C@H]1C)NN(C)C2[C@@H]1CCOC1. The highest BCUT2D eigenvalue weighted by atomic mass is 35.5. The van der Waals surface area contributed by atoms with Gasteiger partial charge in [0.25, 0.3) is 0 Å². The lowest BCUT2D eigenvalue weighted by atomic mass is 9.63. The van der Waals surface area contributed by atoms with Crippen molar-refractivity contribution in [2.45, 2.75) is 37.5 Å². The summed E-state index contributed by atoms with van der Waals surface area (Å²) >= 11 is 6.51. The number of ether oxygens (including phenoxy) is 4. The molecule has 0 amide bonds. The molecule has 0 bridgehead atoms. The van der Waals surface area contributed by atoms with Gasteiger partial charge >= 0.3 is 0 Å². The number of rotatable bonds is 3. The minimum Gasteiger partial charge on any atom is -0.496 e. The Morgan fingerprint density at radius 1 is 1.26 bits per heavy atom. The summed E-state index contributed by atoms with van der Waals surface area (Å²) in [7, 11) is 4.91. The molecule has 5 rings (SSSR count). The quantitative estimate of drug-likeness (QED) is 0.701. The molecule has 0 aromatic heterocycles. The molecule has 3 aliphatic heterocycles. The minimum absolute atomic E-state index is 0.0456. The molecule has 6 atom stereocenters. The Balaban J connectivity index is 1.60. The first-order chi connectivity index (χ1) is 14.8. The second-order valence-electron chi connectivity index (χ2n) is 8.95. The summed E-state index contributed by atoms with van der Waals surface area (Å²) in [6.07, 6.45) is 1.52. The van der Waals surface area contributed by atoms with E-state index >= 15 is 0 Å². The van der Waals surface area contributed by atoms with Crippen LogP contribution in [0.2, 0.25) is 5.02 Å². The monoisotopic (exact) mass is 450 g/mol. The first-order valence-electron chi connectivity index (χ1n) is 10.6. The number of nitrogens with zero attached hydrogens (tertiary/aromatic N) is 1. The third-order valence-corrected chi connectivity index (χ3v) is 7.81. The van der Waals surface area contributed by atoms with Gasteiger partial charge in [-0.05, 0) is 12.8 Å². The molecule has 3 unspecified atom stereocenters. The molecule has 9 heteroatoms. The molecule has 31 heavy (non-hydrogen) atoms. The molecule has 2 saturated heterocycles. The molecular weight excluding hydrogens is 424 g/mol. The summed E-state index contributed by atoms with van der Waals surface area (Å²) in [5, 5.41) is 2.20. The highest BCUT2D eigenvalue weighted by molar-refractivity contribution is 6.36. The maximum Gasteiger partial charge on any atom is 0.232 e. The van der Waals surface area contributed by atoms with Crippen LogP contribution in [0.5, 0.6) is 17.2 Å². The molecule has 0 radical (unpaired) electrons. The van der Waals surface area contributed by atoms with Gasteiger partial charge < -0.3 is 18.9 Å². The van der Waals surface area contributed by atoms with E-state index in [0.29, 0.717) is 31.1 Å². The number of carbonyl (C=O) groups is 2. The van der Waals surface area contributed by atoms with Gasteiger partial charge in [-0.2, -0.15) is 0 Å². The molecule has 168 valence electrons. The van der Waals surface area contributed by atoms with Gasteiger partial charge in [0.2, 0.25) is 11.4 Å². The van der Waals surface area contributed by atoms with Gasteiger partial charge in [-0.1, -0.05) is 18.5 Å². The Labute approximate surface area is 186 Å². The van der Waals surface area contributed by atoms with Crippen LogP contribution in [-0.4, -0.2) is 68.7 Å². The Morgan fingerprint density at radius 2 is 2.00 bits per heavy atom. The van der Waals surface area contributed by atoms with Crippen LogP contribution in [0.25, 0.3) is 0 Å². The molecule has 4 aliphatic rings. The van der Waals surface area contributed by atoms with E-state index in [0.717, 1.165) is 6.42 Å². The van der Waals surface area contributed by atoms with Gasteiger partial charge in [0.15, 0.2) is 11.5 Å². The summed E-state index contributed by atoms with van der Waals surface area (Å²) in [5.41, 5.74) is 2.06. The Bertz CT molecular complexity index is 948. The van der Waals surface area contributed by atoms with Crippen molar-refractivity contribution in [3.8, 4) is 17.2 Å². The maximum absolute atomic E-state index is 14.1. The third-order valence-electron chi connectivity index (χ3n) is 7.45. The lowest BCUT2D eigenvalue weighted by molar-refractivity contribution is -0.143. The van der Waals surface area contributed by atoms with Crippen LogP contribution in [0.1, 0.15) is 30.1 Å². The van der Waals surface area contributed by atoms with E-state index in [2.05, 4.69) is 5.43 Å². The number of methoxy groups -OCH3 is 2. The van der Waals surface area contributed by atoms with Crippen LogP contribution in [0.4, 0.5) is 0 Å². The number of Topliss-reactive ketones (excluding diaryl/α,β-unsaturated/α-hetero) is 2. The first kappa shape index (κ1) is 21.0. The molecule has 1 aliphatic carbocycles. The number of hydrazine groups is 1. The average Bonchev–Trinajstić information content (AvgIpc) is 3.45. The van der Waals surface area contributed by atoms with Gasteiger partial charge in [-0.3, -0.25) is 15.0 Å². The van der Waals surface area contributed by atoms with E-state index in [4.69, 9.17) is 30.5 Å². The fourth-order valence-electron chi connectivity index (χ4n) is 6.00. The van der Waals surface area contributed by atoms with Crippen LogP contribution in [0, 0.1) is 17.8 Å². The van der Waals surface area contributed by atoms with Crippen molar-refractivity contribution in [3.63, 3.8) is 0 Å². The lowest BCUT2D eigenvalue weighted by Gasteiger charge is -2.42. The number of benzene rings is 1. The van der Waals surface area contributed by atoms with Crippen molar-refractivity contribution in [1.29, 1.82) is 0 Å². The minimum atomic E-state index is -1.61. The number of halogens is 1. The number of fused-ring (bicyclic) bond motifs is 2. The van der Waals surface area contributed by atoms with Crippen molar-refractivity contribution in [3.05, 3.63) is 16.7 Å². The van der Waals surface area contributed by atoms with Gasteiger partial charge in [-0.25, -0.2) is 5.01 Å². The predicted molar refractivity (Wildman–Crippen MR) is 112 cm³/mol. The highest BCUT2D eigenvalue weighted by Crippen LogP contribution is 2.55.